The summed E-state index contributed by atoms with van der Waals surface area (Å²) < 4.78 is 1.57. The molecule has 2 aromatic rings. The highest BCUT2D eigenvalue weighted by Crippen LogP contribution is 2.24. The summed E-state index contributed by atoms with van der Waals surface area (Å²) in [5, 5.41) is 17.8. The van der Waals surface area contributed by atoms with Gasteiger partial charge in [0.15, 0.2) is 11.4 Å². The number of carbonyl (C=O) groups excluding carboxylic acids is 1. The van der Waals surface area contributed by atoms with E-state index in [0.717, 1.165) is 25.1 Å². The fraction of sp³-hybridized carbons (Fsp3) is 0.500. The highest BCUT2D eigenvalue weighted by Gasteiger charge is 2.27. The van der Waals surface area contributed by atoms with E-state index in [1.807, 2.05) is 31.3 Å². The van der Waals surface area contributed by atoms with Gasteiger partial charge in [0.25, 0.3) is 5.91 Å². The Hall–Kier alpha value is -2.05. The first-order chi connectivity index (χ1) is 12.5. The second kappa shape index (κ2) is 9.24. The molecular weight excluding hydrogens is 364 g/mol. The third-order valence-electron chi connectivity index (χ3n) is 5.02. The average Bonchev–Trinajstić information content (AvgIpc) is 3.03. The molecule has 148 valence electrons. The monoisotopic (exact) mass is 392 g/mol. The zero-order chi connectivity index (χ0) is 18.7. The molecule has 27 heavy (non-hydrogen) atoms. The second-order valence-electron chi connectivity index (χ2n) is 7.37. The number of aromatic nitrogens is 2. The summed E-state index contributed by atoms with van der Waals surface area (Å²) in [7, 11) is 1.93. The number of amides is 1. The van der Waals surface area contributed by atoms with Crippen molar-refractivity contribution in [3.05, 3.63) is 41.7 Å². The van der Waals surface area contributed by atoms with Gasteiger partial charge < -0.3 is 15.3 Å². The average molecular weight is 393 g/mol. The van der Waals surface area contributed by atoms with Crippen LogP contribution in [-0.2, 0) is 0 Å². The van der Waals surface area contributed by atoms with Crippen LogP contribution in [0.15, 0.2) is 30.5 Å². The largest absolute Gasteiger partial charge is 0.504 e. The Morgan fingerprint density at radius 3 is 2.67 bits per heavy atom. The Balaban J connectivity index is 0.00000261. The summed E-state index contributed by atoms with van der Waals surface area (Å²) >= 11 is 0. The van der Waals surface area contributed by atoms with Crippen molar-refractivity contribution in [2.45, 2.75) is 32.6 Å². The molecule has 7 heteroatoms. The predicted molar refractivity (Wildman–Crippen MR) is 109 cm³/mol. The molecule has 1 aromatic carbocycles. The number of nitrogens with one attached hydrogen (secondary N) is 1. The van der Waals surface area contributed by atoms with Crippen molar-refractivity contribution in [2.24, 2.45) is 5.92 Å². The van der Waals surface area contributed by atoms with Crippen LogP contribution in [-0.4, -0.2) is 52.4 Å². The molecule has 1 unspecified atom stereocenters. The number of benzene rings is 1. The highest BCUT2D eigenvalue weighted by molar-refractivity contribution is 5.94. The van der Waals surface area contributed by atoms with Gasteiger partial charge in [0, 0.05) is 13.1 Å². The number of halogens is 1. The number of likely N-dealkylation sites (tertiary alicyclic amines) is 1. The number of carbonyl (C=O) groups is 1. The van der Waals surface area contributed by atoms with Crippen LogP contribution in [0.2, 0.25) is 0 Å². The number of nitrogens with zero attached hydrogens (tertiary/aromatic N) is 3. The number of rotatable bonds is 5. The first-order valence-corrected chi connectivity index (χ1v) is 9.32. The lowest BCUT2D eigenvalue weighted by atomic mass is 9.98. The van der Waals surface area contributed by atoms with Crippen LogP contribution in [0.1, 0.15) is 48.7 Å². The van der Waals surface area contributed by atoms with E-state index in [1.54, 1.807) is 9.58 Å². The van der Waals surface area contributed by atoms with E-state index >= 15 is 0 Å². The summed E-state index contributed by atoms with van der Waals surface area (Å²) in [6, 6.07) is 8.01. The van der Waals surface area contributed by atoms with Gasteiger partial charge in [0.2, 0.25) is 0 Å². The number of hydrogen-bond donors (Lipinski definition) is 2. The van der Waals surface area contributed by atoms with Gasteiger partial charge in [0.1, 0.15) is 0 Å². The van der Waals surface area contributed by atoms with Crippen LogP contribution in [0.5, 0.6) is 5.75 Å². The van der Waals surface area contributed by atoms with Crippen LogP contribution >= 0.6 is 12.4 Å². The number of piperidine rings is 1. The Morgan fingerprint density at radius 1 is 1.33 bits per heavy atom. The van der Waals surface area contributed by atoms with Crippen LogP contribution < -0.4 is 5.32 Å². The lowest BCUT2D eigenvalue weighted by molar-refractivity contribution is 0.0665. The molecule has 1 aliphatic heterocycles. The number of aromatic hydroxyl groups is 1. The Kier molecular flexibility index (Phi) is 7.27. The van der Waals surface area contributed by atoms with Crippen molar-refractivity contribution in [1.82, 2.24) is 20.0 Å². The standard InChI is InChI=1S/C20H28N4O2.ClH/c1-14(2)16-6-8-17(9-7-16)24-13-18(25)19(22-24)20(26)23-10-4-5-15(12-23)11-21-3;/h6-9,13-15,21,25H,4-5,10-12H2,1-3H3;1H. The van der Waals surface area contributed by atoms with Crippen LogP contribution in [0.3, 0.4) is 0 Å². The summed E-state index contributed by atoms with van der Waals surface area (Å²) in [5.41, 5.74) is 2.20. The molecule has 0 radical (unpaired) electrons. The van der Waals surface area contributed by atoms with Gasteiger partial charge in [-0.05, 0) is 56.0 Å². The zero-order valence-electron chi connectivity index (χ0n) is 16.2. The van der Waals surface area contributed by atoms with Gasteiger partial charge in [-0.2, -0.15) is 5.10 Å². The minimum atomic E-state index is -0.194. The first-order valence-electron chi connectivity index (χ1n) is 9.32. The molecule has 2 heterocycles. The van der Waals surface area contributed by atoms with E-state index in [4.69, 9.17) is 0 Å². The molecule has 0 aliphatic carbocycles. The lowest BCUT2D eigenvalue weighted by Crippen LogP contribution is -2.42. The quantitative estimate of drug-likeness (QED) is 0.819. The van der Waals surface area contributed by atoms with Gasteiger partial charge in [-0.25, -0.2) is 4.68 Å². The molecule has 1 aliphatic rings. The van der Waals surface area contributed by atoms with Crippen molar-refractivity contribution in [2.75, 3.05) is 26.7 Å². The summed E-state index contributed by atoms with van der Waals surface area (Å²) in [6.07, 6.45) is 3.61. The summed E-state index contributed by atoms with van der Waals surface area (Å²) in [6.45, 7) is 6.60. The van der Waals surface area contributed by atoms with E-state index in [1.165, 1.54) is 11.8 Å². The topological polar surface area (TPSA) is 70.4 Å². The molecule has 0 saturated carbocycles. The first kappa shape index (κ1) is 21.3. The molecular formula is C20H29ClN4O2. The minimum absolute atomic E-state index is 0. The predicted octanol–water partition coefficient (Wildman–Crippen LogP) is 3.19. The summed E-state index contributed by atoms with van der Waals surface area (Å²) in [4.78, 5) is 14.6. The Bertz CT molecular complexity index is 756. The second-order valence-corrected chi connectivity index (χ2v) is 7.37. The molecule has 6 nitrogen and oxygen atoms in total. The molecule has 3 rings (SSSR count). The molecule has 0 spiro atoms. The molecule has 0 bridgehead atoms. The van der Waals surface area contributed by atoms with Gasteiger partial charge in [-0.15, -0.1) is 12.4 Å². The molecule has 1 aromatic heterocycles. The van der Waals surface area contributed by atoms with Crippen molar-refractivity contribution >= 4 is 18.3 Å². The van der Waals surface area contributed by atoms with Crippen LogP contribution in [0, 0.1) is 5.92 Å². The fourth-order valence-corrected chi connectivity index (χ4v) is 3.52. The van der Waals surface area contributed by atoms with Gasteiger partial charge in [0.05, 0.1) is 11.9 Å². The van der Waals surface area contributed by atoms with E-state index in [9.17, 15) is 9.90 Å². The van der Waals surface area contributed by atoms with Gasteiger partial charge in [-0.1, -0.05) is 26.0 Å². The molecule has 1 amide bonds. The SMILES string of the molecule is CNCC1CCCN(C(=O)c2nn(-c3ccc(C(C)C)cc3)cc2O)C1.Cl. The van der Waals surface area contributed by atoms with Crippen molar-refractivity contribution in [3.63, 3.8) is 0 Å². The summed E-state index contributed by atoms with van der Waals surface area (Å²) in [5.74, 6) is 0.641. The highest BCUT2D eigenvalue weighted by atomic mass is 35.5. The third-order valence-corrected chi connectivity index (χ3v) is 5.02. The fourth-order valence-electron chi connectivity index (χ4n) is 3.52. The third kappa shape index (κ3) is 4.82. The van der Waals surface area contributed by atoms with E-state index in [2.05, 4.69) is 24.3 Å². The van der Waals surface area contributed by atoms with Crippen molar-refractivity contribution < 1.29 is 9.90 Å². The lowest BCUT2D eigenvalue weighted by Gasteiger charge is -2.32. The minimum Gasteiger partial charge on any atom is -0.504 e. The van der Waals surface area contributed by atoms with E-state index in [-0.39, 0.29) is 29.8 Å². The molecule has 1 fully saturated rings. The van der Waals surface area contributed by atoms with Crippen LogP contribution in [0.4, 0.5) is 0 Å². The smallest absolute Gasteiger partial charge is 0.278 e. The number of hydrogen-bond acceptors (Lipinski definition) is 4. The molecule has 2 N–H and O–H groups in total. The molecule has 1 atom stereocenters. The Morgan fingerprint density at radius 2 is 2.04 bits per heavy atom. The Labute approximate surface area is 167 Å². The van der Waals surface area contributed by atoms with Gasteiger partial charge >= 0.3 is 0 Å². The molecule has 1 saturated heterocycles. The van der Waals surface area contributed by atoms with Crippen molar-refractivity contribution in [3.8, 4) is 11.4 Å². The normalized spacial score (nSPS) is 17.0. The van der Waals surface area contributed by atoms with Crippen LogP contribution in [0.25, 0.3) is 5.69 Å². The zero-order valence-corrected chi connectivity index (χ0v) is 17.0. The maximum absolute atomic E-state index is 12.8. The van der Waals surface area contributed by atoms with E-state index < -0.39 is 0 Å². The van der Waals surface area contributed by atoms with Crippen molar-refractivity contribution in [1.29, 1.82) is 0 Å². The maximum atomic E-state index is 12.8. The van der Waals surface area contributed by atoms with Gasteiger partial charge in [-0.3, -0.25) is 4.79 Å². The van der Waals surface area contributed by atoms with E-state index in [0.29, 0.717) is 24.9 Å². The maximum Gasteiger partial charge on any atom is 0.278 e.